The third-order valence-corrected chi connectivity index (χ3v) is 4.24. The van der Waals surface area contributed by atoms with Gasteiger partial charge in [0.25, 0.3) is 5.91 Å². The molecule has 0 N–H and O–H groups in total. The van der Waals surface area contributed by atoms with Gasteiger partial charge in [-0.25, -0.2) is 13.8 Å². The molecule has 0 aliphatic heterocycles. The number of carbonyl (C=O) groups excluding carboxylic acids is 1. The lowest BCUT2D eigenvalue weighted by Crippen LogP contribution is -2.11. The number of imidazole rings is 1. The number of rotatable bonds is 3. The third-order valence-electron chi connectivity index (χ3n) is 4.24. The molecule has 0 amide bonds. The first-order valence-electron chi connectivity index (χ1n) is 8.32. The maximum Gasteiger partial charge on any atom is 0.264 e. The molecule has 3 nitrogen and oxygen atoms in total. The number of hydrogen-bond donors (Lipinski definition) is 0. The van der Waals surface area contributed by atoms with Crippen LogP contribution in [0.1, 0.15) is 15.9 Å². The lowest BCUT2D eigenvalue weighted by molar-refractivity contribution is 0.0984. The molecule has 0 aliphatic carbocycles. The van der Waals surface area contributed by atoms with Crippen LogP contribution in [-0.4, -0.2) is 15.5 Å². The van der Waals surface area contributed by atoms with Crippen LogP contribution >= 0.6 is 0 Å². The number of aromatic nitrogens is 2. The second-order valence-corrected chi connectivity index (χ2v) is 6.02. The van der Waals surface area contributed by atoms with Gasteiger partial charge in [0.15, 0.2) is 0 Å². The van der Waals surface area contributed by atoms with Gasteiger partial charge in [0, 0.05) is 5.57 Å². The Labute approximate surface area is 154 Å². The maximum atomic E-state index is 13.3. The Morgan fingerprint density at radius 2 is 1.48 bits per heavy atom. The van der Waals surface area contributed by atoms with Crippen molar-refractivity contribution < 1.29 is 13.6 Å². The van der Waals surface area contributed by atoms with Gasteiger partial charge in [0.1, 0.15) is 18.0 Å². The average molecular weight is 360 g/mol. The molecular weight excluding hydrogens is 346 g/mol. The van der Waals surface area contributed by atoms with Crippen LogP contribution in [0.3, 0.4) is 0 Å². The van der Waals surface area contributed by atoms with E-state index in [-0.39, 0.29) is 17.5 Å². The van der Waals surface area contributed by atoms with Gasteiger partial charge in [-0.15, -0.1) is 0 Å². The van der Waals surface area contributed by atoms with Crippen LogP contribution in [0.15, 0.2) is 79.1 Å². The highest BCUT2D eigenvalue weighted by Gasteiger charge is 2.17. The van der Waals surface area contributed by atoms with E-state index in [9.17, 15) is 13.6 Å². The molecule has 132 valence electrons. The van der Waals surface area contributed by atoms with E-state index < -0.39 is 0 Å². The largest absolute Gasteiger partial charge is 0.268 e. The molecule has 0 atom stereocenters. The van der Waals surface area contributed by atoms with Crippen molar-refractivity contribution in [3.8, 4) is 0 Å². The first kappa shape index (κ1) is 16.8. The summed E-state index contributed by atoms with van der Waals surface area (Å²) in [5.41, 5.74) is 2.95. The third kappa shape index (κ3) is 3.40. The molecule has 27 heavy (non-hydrogen) atoms. The number of carbonyl (C=O) groups is 1. The van der Waals surface area contributed by atoms with Crippen molar-refractivity contribution in [3.63, 3.8) is 0 Å². The van der Waals surface area contributed by atoms with Crippen molar-refractivity contribution in [2.24, 2.45) is 0 Å². The van der Waals surface area contributed by atoms with Crippen LogP contribution in [0.2, 0.25) is 0 Å². The molecule has 0 saturated carbocycles. The second kappa shape index (κ2) is 6.96. The fourth-order valence-corrected chi connectivity index (χ4v) is 2.87. The van der Waals surface area contributed by atoms with E-state index in [1.165, 1.54) is 35.2 Å². The minimum Gasteiger partial charge on any atom is -0.268 e. The fraction of sp³-hybridized carbons (Fsp3) is 0. The second-order valence-electron chi connectivity index (χ2n) is 6.02. The first-order chi connectivity index (χ1) is 13.1. The lowest BCUT2D eigenvalue weighted by Gasteiger charge is -2.09. The molecule has 1 heterocycles. The predicted octanol–water partition coefficient (Wildman–Crippen LogP) is 5.20. The van der Waals surface area contributed by atoms with Gasteiger partial charge in [-0.1, -0.05) is 36.4 Å². The van der Waals surface area contributed by atoms with E-state index in [0.717, 1.165) is 0 Å². The Kier molecular flexibility index (Phi) is 4.34. The summed E-state index contributed by atoms with van der Waals surface area (Å²) in [5, 5.41) is 0. The number of halogens is 2. The van der Waals surface area contributed by atoms with Crippen molar-refractivity contribution in [2.45, 2.75) is 0 Å². The Morgan fingerprint density at radius 3 is 2.19 bits per heavy atom. The Bertz CT molecular complexity index is 1140. The van der Waals surface area contributed by atoms with Crippen LogP contribution in [0, 0.1) is 11.6 Å². The van der Waals surface area contributed by atoms with Gasteiger partial charge in [-0.2, -0.15) is 0 Å². The number of allylic oxidation sites excluding steroid dienone is 1. The van der Waals surface area contributed by atoms with E-state index in [1.54, 1.807) is 36.4 Å². The number of fused-ring (bicyclic) bond motifs is 1. The van der Waals surface area contributed by atoms with Crippen molar-refractivity contribution >= 4 is 28.6 Å². The van der Waals surface area contributed by atoms with Gasteiger partial charge in [-0.3, -0.25) is 9.36 Å². The van der Waals surface area contributed by atoms with Crippen LogP contribution in [0.25, 0.3) is 22.7 Å². The van der Waals surface area contributed by atoms with Gasteiger partial charge >= 0.3 is 0 Å². The topological polar surface area (TPSA) is 34.9 Å². The zero-order chi connectivity index (χ0) is 18.8. The normalized spacial score (nSPS) is 11.7. The zero-order valence-corrected chi connectivity index (χ0v) is 14.1. The monoisotopic (exact) mass is 360 g/mol. The molecule has 0 unspecified atom stereocenters. The summed E-state index contributed by atoms with van der Waals surface area (Å²) in [4.78, 5) is 17.5. The molecule has 3 aromatic carbocycles. The van der Waals surface area contributed by atoms with Crippen LogP contribution < -0.4 is 0 Å². The van der Waals surface area contributed by atoms with Crippen LogP contribution in [0.4, 0.5) is 8.78 Å². The smallest absolute Gasteiger partial charge is 0.264 e. The molecule has 1 aromatic heterocycles. The van der Waals surface area contributed by atoms with Crippen molar-refractivity contribution in [2.75, 3.05) is 0 Å². The highest BCUT2D eigenvalue weighted by atomic mass is 19.1. The summed E-state index contributed by atoms with van der Waals surface area (Å²) < 4.78 is 28.0. The van der Waals surface area contributed by atoms with Crippen molar-refractivity contribution in [3.05, 3.63) is 102 Å². The van der Waals surface area contributed by atoms with E-state index in [2.05, 4.69) is 4.98 Å². The standard InChI is InChI=1S/C22H14F2N2O/c23-17-9-5-15(6-10-17)13-19(16-7-11-18(24)12-8-16)22(27)26-14-25-20-3-1-2-4-21(20)26/h1-14H/b19-13+. The quantitative estimate of drug-likeness (QED) is 0.372. The van der Waals surface area contributed by atoms with Crippen molar-refractivity contribution in [1.82, 2.24) is 9.55 Å². The highest BCUT2D eigenvalue weighted by molar-refractivity contribution is 6.26. The summed E-state index contributed by atoms with van der Waals surface area (Å²) in [6, 6.07) is 18.8. The number of nitrogens with zero attached hydrogens (tertiary/aromatic N) is 2. The predicted molar refractivity (Wildman–Crippen MR) is 101 cm³/mol. The molecular formula is C22H14F2N2O. The lowest BCUT2D eigenvalue weighted by atomic mass is 10.0. The summed E-state index contributed by atoms with van der Waals surface area (Å²) in [6.45, 7) is 0. The van der Waals surface area contributed by atoms with E-state index in [4.69, 9.17) is 0 Å². The van der Waals surface area contributed by atoms with E-state index in [0.29, 0.717) is 27.7 Å². The highest BCUT2D eigenvalue weighted by Crippen LogP contribution is 2.23. The molecule has 4 rings (SSSR count). The summed E-state index contributed by atoms with van der Waals surface area (Å²) in [6.07, 6.45) is 3.12. The average Bonchev–Trinajstić information content (AvgIpc) is 3.12. The number of para-hydroxylation sites is 2. The summed E-state index contributed by atoms with van der Waals surface area (Å²) in [5.74, 6) is -1.05. The fourth-order valence-electron chi connectivity index (χ4n) is 2.87. The number of benzene rings is 3. The molecule has 0 fully saturated rings. The molecule has 5 heteroatoms. The Morgan fingerprint density at radius 1 is 0.852 bits per heavy atom. The summed E-state index contributed by atoms with van der Waals surface area (Å²) in [7, 11) is 0. The Hall–Kier alpha value is -3.60. The summed E-state index contributed by atoms with van der Waals surface area (Å²) >= 11 is 0. The Balaban J connectivity index is 1.85. The van der Waals surface area contributed by atoms with Gasteiger partial charge in [-0.05, 0) is 53.6 Å². The molecule has 0 aliphatic rings. The van der Waals surface area contributed by atoms with Crippen LogP contribution in [0.5, 0.6) is 0 Å². The molecule has 0 bridgehead atoms. The SMILES string of the molecule is O=C(/C(=C/c1ccc(F)cc1)c1ccc(F)cc1)n1cnc2ccccc21. The number of hydrogen-bond acceptors (Lipinski definition) is 2. The van der Waals surface area contributed by atoms with E-state index >= 15 is 0 Å². The van der Waals surface area contributed by atoms with Gasteiger partial charge in [0.2, 0.25) is 0 Å². The molecule has 0 spiro atoms. The van der Waals surface area contributed by atoms with E-state index in [1.807, 2.05) is 18.2 Å². The molecule has 4 aromatic rings. The van der Waals surface area contributed by atoms with Crippen molar-refractivity contribution in [1.29, 1.82) is 0 Å². The maximum absolute atomic E-state index is 13.3. The van der Waals surface area contributed by atoms with Crippen LogP contribution in [-0.2, 0) is 0 Å². The molecule has 0 radical (unpaired) electrons. The minimum absolute atomic E-state index is 0.306. The van der Waals surface area contributed by atoms with Gasteiger partial charge < -0.3 is 0 Å². The zero-order valence-electron chi connectivity index (χ0n) is 14.1. The first-order valence-corrected chi connectivity index (χ1v) is 8.32. The minimum atomic E-state index is -0.389. The molecule has 0 saturated heterocycles. The van der Waals surface area contributed by atoms with Gasteiger partial charge in [0.05, 0.1) is 11.0 Å².